The molecule has 0 aromatic heterocycles. The summed E-state index contributed by atoms with van der Waals surface area (Å²) in [6.07, 6.45) is 0.644. The molecule has 0 aliphatic carbocycles. The van der Waals surface area contributed by atoms with Gasteiger partial charge in [-0.3, -0.25) is 14.4 Å². The van der Waals surface area contributed by atoms with Crippen LogP contribution in [0.2, 0.25) is 0 Å². The smallest absolute Gasteiger partial charge is 0.246 e. The summed E-state index contributed by atoms with van der Waals surface area (Å²) in [7, 11) is 1.39. The zero-order valence-corrected chi connectivity index (χ0v) is 5.79. The Morgan fingerprint density at radius 2 is 2.10 bits per heavy atom. The van der Waals surface area contributed by atoms with Gasteiger partial charge in [-0.25, -0.2) is 5.06 Å². The molecule has 1 aliphatic heterocycles. The number of hydrogen-bond acceptors (Lipinski definition) is 3. The Hall–Kier alpha value is -0.900. The van der Waals surface area contributed by atoms with Gasteiger partial charge >= 0.3 is 0 Å². The molecular weight excluding hydrogens is 134 g/mol. The maximum absolute atomic E-state index is 10.8. The number of rotatable bonds is 1. The second-order valence-electron chi connectivity index (χ2n) is 2.15. The second kappa shape index (κ2) is 2.79. The van der Waals surface area contributed by atoms with Crippen LogP contribution in [-0.2, 0) is 14.4 Å². The molecule has 4 nitrogen and oxygen atoms in total. The van der Waals surface area contributed by atoms with Crippen LogP contribution < -0.4 is 0 Å². The average molecular weight is 143 g/mol. The third-order valence-corrected chi connectivity index (χ3v) is 1.44. The van der Waals surface area contributed by atoms with Crippen molar-refractivity contribution in [1.29, 1.82) is 0 Å². The second-order valence-corrected chi connectivity index (χ2v) is 2.15. The van der Waals surface area contributed by atoms with E-state index < -0.39 is 0 Å². The Morgan fingerprint density at radius 1 is 1.40 bits per heavy atom. The first-order chi connectivity index (χ1) is 4.74. The first-order valence-electron chi connectivity index (χ1n) is 3.10. The number of hydroxylamine groups is 2. The van der Waals surface area contributed by atoms with E-state index in [0.717, 1.165) is 5.06 Å². The summed E-state index contributed by atoms with van der Waals surface area (Å²) < 4.78 is 0. The van der Waals surface area contributed by atoms with Crippen LogP contribution in [0.5, 0.6) is 0 Å². The standard InChI is InChI=1S/C6H9NO3/c1-10-7-4-5(8)2-3-6(7)9/h2-4H2,1H3. The lowest BCUT2D eigenvalue weighted by Crippen LogP contribution is -2.39. The van der Waals surface area contributed by atoms with Crippen molar-refractivity contribution in [2.45, 2.75) is 12.8 Å². The van der Waals surface area contributed by atoms with Crippen LogP contribution in [0.25, 0.3) is 0 Å². The number of ketones is 1. The van der Waals surface area contributed by atoms with Gasteiger partial charge in [0.05, 0.1) is 7.11 Å². The van der Waals surface area contributed by atoms with Crippen LogP contribution in [0.1, 0.15) is 12.8 Å². The Morgan fingerprint density at radius 3 is 2.60 bits per heavy atom. The van der Waals surface area contributed by atoms with Crippen LogP contribution in [-0.4, -0.2) is 30.4 Å². The van der Waals surface area contributed by atoms with Gasteiger partial charge in [-0.2, -0.15) is 0 Å². The normalized spacial score (nSPS) is 19.9. The molecule has 0 saturated carbocycles. The molecule has 0 bridgehead atoms. The van der Waals surface area contributed by atoms with Crippen LogP contribution in [0.4, 0.5) is 0 Å². The summed E-state index contributed by atoms with van der Waals surface area (Å²) in [5, 5.41) is 1.09. The van der Waals surface area contributed by atoms with E-state index in [9.17, 15) is 9.59 Å². The Balaban J connectivity index is 2.53. The van der Waals surface area contributed by atoms with E-state index in [0.29, 0.717) is 6.42 Å². The SMILES string of the molecule is CON1CC(=O)CCC1=O. The molecule has 1 amide bonds. The lowest BCUT2D eigenvalue weighted by Gasteiger charge is -2.22. The van der Waals surface area contributed by atoms with Crippen LogP contribution in [0.3, 0.4) is 0 Å². The van der Waals surface area contributed by atoms with Crippen molar-refractivity contribution < 1.29 is 14.4 Å². The molecule has 10 heavy (non-hydrogen) atoms. The summed E-state index contributed by atoms with van der Waals surface area (Å²) in [5.41, 5.74) is 0. The number of Topliss-reactive ketones (excluding diaryl/α,β-unsaturated/α-hetero) is 1. The molecule has 0 atom stereocenters. The Bertz CT molecular complexity index is 166. The molecular formula is C6H9NO3. The highest BCUT2D eigenvalue weighted by Gasteiger charge is 2.22. The molecule has 1 rings (SSSR count). The number of nitrogens with zero attached hydrogens (tertiary/aromatic N) is 1. The van der Waals surface area contributed by atoms with Crippen molar-refractivity contribution >= 4 is 11.7 Å². The number of carbonyl (C=O) groups excluding carboxylic acids is 2. The molecule has 56 valence electrons. The van der Waals surface area contributed by atoms with Gasteiger partial charge in [-0.1, -0.05) is 0 Å². The molecule has 1 aliphatic rings. The van der Waals surface area contributed by atoms with Gasteiger partial charge in [0.25, 0.3) is 0 Å². The molecule has 0 aromatic carbocycles. The fraction of sp³-hybridized carbons (Fsp3) is 0.667. The van der Waals surface area contributed by atoms with E-state index >= 15 is 0 Å². The summed E-state index contributed by atoms with van der Waals surface area (Å²) in [6, 6.07) is 0. The molecule has 1 heterocycles. The molecule has 0 aromatic rings. The largest absolute Gasteiger partial charge is 0.298 e. The molecule has 0 spiro atoms. The molecule has 1 fully saturated rings. The maximum Gasteiger partial charge on any atom is 0.246 e. The van der Waals surface area contributed by atoms with E-state index in [4.69, 9.17) is 0 Å². The zero-order chi connectivity index (χ0) is 7.56. The fourth-order valence-electron chi connectivity index (χ4n) is 0.865. The van der Waals surface area contributed by atoms with E-state index in [1.807, 2.05) is 0 Å². The van der Waals surface area contributed by atoms with Crippen molar-refractivity contribution in [3.05, 3.63) is 0 Å². The van der Waals surface area contributed by atoms with Gasteiger partial charge in [-0.05, 0) is 0 Å². The zero-order valence-electron chi connectivity index (χ0n) is 5.79. The molecule has 0 radical (unpaired) electrons. The summed E-state index contributed by atoms with van der Waals surface area (Å²) in [5.74, 6) is -0.0523. The Kier molecular flexibility index (Phi) is 2.01. The van der Waals surface area contributed by atoms with Gasteiger partial charge in [0, 0.05) is 12.8 Å². The van der Waals surface area contributed by atoms with Crippen molar-refractivity contribution in [3.63, 3.8) is 0 Å². The number of amides is 1. The first kappa shape index (κ1) is 7.21. The molecule has 0 N–H and O–H groups in total. The summed E-state index contributed by atoms with van der Waals surface area (Å²) >= 11 is 0. The lowest BCUT2D eigenvalue weighted by molar-refractivity contribution is -0.182. The molecule has 4 heteroatoms. The van der Waals surface area contributed by atoms with Crippen molar-refractivity contribution in [1.82, 2.24) is 5.06 Å². The lowest BCUT2D eigenvalue weighted by atomic mass is 10.1. The fourth-order valence-corrected chi connectivity index (χ4v) is 0.865. The van der Waals surface area contributed by atoms with E-state index in [1.54, 1.807) is 0 Å². The first-order valence-corrected chi connectivity index (χ1v) is 3.10. The quantitative estimate of drug-likeness (QED) is 0.508. The molecule has 0 unspecified atom stereocenters. The highest BCUT2D eigenvalue weighted by Crippen LogP contribution is 2.06. The maximum atomic E-state index is 10.8. The topological polar surface area (TPSA) is 46.6 Å². The number of hydrogen-bond donors (Lipinski definition) is 0. The van der Waals surface area contributed by atoms with Crippen LogP contribution in [0, 0.1) is 0 Å². The molecule has 1 saturated heterocycles. The van der Waals surface area contributed by atoms with E-state index in [2.05, 4.69) is 4.84 Å². The van der Waals surface area contributed by atoms with Crippen molar-refractivity contribution in [2.24, 2.45) is 0 Å². The van der Waals surface area contributed by atoms with E-state index in [1.165, 1.54) is 7.11 Å². The Labute approximate surface area is 58.7 Å². The monoisotopic (exact) mass is 143 g/mol. The minimum absolute atomic E-state index is 0.0569. The van der Waals surface area contributed by atoms with Gasteiger partial charge in [-0.15, -0.1) is 0 Å². The minimum atomic E-state index is -0.109. The van der Waals surface area contributed by atoms with Crippen LogP contribution >= 0.6 is 0 Å². The van der Waals surface area contributed by atoms with Crippen LogP contribution in [0.15, 0.2) is 0 Å². The summed E-state index contributed by atoms with van der Waals surface area (Å²) in [6.45, 7) is 0.106. The van der Waals surface area contributed by atoms with Gasteiger partial charge in [0.2, 0.25) is 5.91 Å². The van der Waals surface area contributed by atoms with Gasteiger partial charge < -0.3 is 0 Å². The van der Waals surface area contributed by atoms with E-state index in [-0.39, 0.29) is 24.7 Å². The third kappa shape index (κ3) is 1.33. The van der Waals surface area contributed by atoms with Crippen molar-refractivity contribution in [2.75, 3.05) is 13.7 Å². The predicted octanol–water partition coefficient (Wildman–Crippen LogP) is -0.261. The number of carbonyl (C=O) groups is 2. The highest BCUT2D eigenvalue weighted by molar-refractivity contribution is 5.92. The highest BCUT2D eigenvalue weighted by atomic mass is 16.7. The third-order valence-electron chi connectivity index (χ3n) is 1.44. The average Bonchev–Trinajstić information content (AvgIpc) is 1.94. The minimum Gasteiger partial charge on any atom is -0.298 e. The number of piperidine rings is 1. The summed E-state index contributed by atoms with van der Waals surface area (Å²) in [4.78, 5) is 26.2. The van der Waals surface area contributed by atoms with Gasteiger partial charge in [0.15, 0.2) is 5.78 Å². The predicted molar refractivity (Wildman–Crippen MR) is 33.0 cm³/mol. The van der Waals surface area contributed by atoms with Crippen molar-refractivity contribution in [3.8, 4) is 0 Å². The van der Waals surface area contributed by atoms with Gasteiger partial charge in [0.1, 0.15) is 6.54 Å².